The van der Waals surface area contributed by atoms with Crippen LogP contribution in [-0.4, -0.2) is 53.0 Å². The number of amides is 2. The molecule has 8 heteroatoms. The molecule has 2 unspecified atom stereocenters. The minimum absolute atomic E-state index is 0.0660. The van der Waals surface area contributed by atoms with Gasteiger partial charge in [-0.1, -0.05) is 67.8 Å². The molecule has 2 amide bonds. The van der Waals surface area contributed by atoms with Crippen LogP contribution in [0.1, 0.15) is 56.1 Å². The topological polar surface area (TPSA) is 125 Å². The molecule has 2 aliphatic carbocycles. The second kappa shape index (κ2) is 10.9. The summed E-state index contributed by atoms with van der Waals surface area (Å²) in [6.07, 6.45) is 1.84. The average Bonchev–Trinajstić information content (AvgIpc) is 2.97. The summed E-state index contributed by atoms with van der Waals surface area (Å²) in [5.74, 6) is -2.45. The number of carboxylic acid groups (broad SMARTS) is 1. The smallest absolute Gasteiger partial charge is 0.407 e. The number of carbonyl (C=O) groups excluding carboxylic acids is 2. The van der Waals surface area contributed by atoms with Crippen LogP contribution in [-0.2, 0) is 14.3 Å². The molecule has 186 valence electrons. The fourth-order valence-electron chi connectivity index (χ4n) is 5.23. The van der Waals surface area contributed by atoms with Gasteiger partial charge in [-0.3, -0.25) is 4.79 Å². The molecule has 1 fully saturated rings. The van der Waals surface area contributed by atoms with Crippen molar-refractivity contribution < 1.29 is 29.3 Å². The van der Waals surface area contributed by atoms with Gasteiger partial charge in [-0.2, -0.15) is 0 Å². The molecule has 8 nitrogen and oxygen atoms in total. The Morgan fingerprint density at radius 1 is 0.971 bits per heavy atom. The number of ether oxygens (including phenoxy) is 1. The number of rotatable bonds is 7. The van der Waals surface area contributed by atoms with E-state index < -0.39 is 42.1 Å². The molecule has 0 heterocycles. The quantitative estimate of drug-likeness (QED) is 0.450. The van der Waals surface area contributed by atoms with Crippen LogP contribution in [0.5, 0.6) is 0 Å². The first-order valence-corrected chi connectivity index (χ1v) is 12.2. The van der Waals surface area contributed by atoms with Crippen LogP contribution >= 0.6 is 0 Å². The molecule has 1 saturated carbocycles. The van der Waals surface area contributed by atoms with Gasteiger partial charge in [0, 0.05) is 12.0 Å². The van der Waals surface area contributed by atoms with Crippen LogP contribution in [0.15, 0.2) is 48.5 Å². The summed E-state index contributed by atoms with van der Waals surface area (Å²) in [4.78, 5) is 37.1. The molecular weight excluding hydrogens is 448 g/mol. The van der Waals surface area contributed by atoms with E-state index in [-0.39, 0.29) is 12.5 Å². The summed E-state index contributed by atoms with van der Waals surface area (Å²) >= 11 is 0. The zero-order chi connectivity index (χ0) is 24.9. The Kier molecular flexibility index (Phi) is 7.70. The number of nitrogens with one attached hydrogen (secondary N) is 2. The van der Waals surface area contributed by atoms with Crippen LogP contribution in [0.4, 0.5) is 4.79 Å². The Labute approximate surface area is 204 Å². The predicted octanol–water partition coefficient (Wildman–Crippen LogP) is 3.42. The van der Waals surface area contributed by atoms with Gasteiger partial charge in [-0.25, -0.2) is 9.59 Å². The number of fused-ring (bicyclic) bond motifs is 3. The van der Waals surface area contributed by atoms with Crippen molar-refractivity contribution in [3.63, 3.8) is 0 Å². The number of carbonyl (C=O) groups is 3. The molecule has 2 aliphatic rings. The van der Waals surface area contributed by atoms with E-state index in [1.807, 2.05) is 36.4 Å². The second-order valence-corrected chi connectivity index (χ2v) is 9.39. The van der Waals surface area contributed by atoms with E-state index >= 15 is 0 Å². The third-order valence-corrected chi connectivity index (χ3v) is 7.05. The molecule has 0 saturated heterocycles. The summed E-state index contributed by atoms with van der Waals surface area (Å²) in [6, 6.07) is 14.3. The zero-order valence-electron chi connectivity index (χ0n) is 19.8. The van der Waals surface area contributed by atoms with Crippen LogP contribution < -0.4 is 10.6 Å². The number of alkyl carbamates (subject to hydrolysis) is 1. The molecule has 0 bridgehead atoms. The van der Waals surface area contributed by atoms with E-state index in [4.69, 9.17) is 4.74 Å². The maximum Gasteiger partial charge on any atom is 0.407 e. The van der Waals surface area contributed by atoms with Crippen LogP contribution in [0, 0.1) is 5.92 Å². The number of hydrogen-bond acceptors (Lipinski definition) is 5. The third-order valence-electron chi connectivity index (χ3n) is 7.05. The van der Waals surface area contributed by atoms with Crippen molar-refractivity contribution >= 4 is 18.0 Å². The normalized spacial score (nSPS) is 21.1. The van der Waals surface area contributed by atoms with E-state index in [0.717, 1.165) is 41.5 Å². The number of hydrogen-bond donors (Lipinski definition) is 4. The van der Waals surface area contributed by atoms with Gasteiger partial charge in [0.2, 0.25) is 5.91 Å². The van der Waals surface area contributed by atoms with Crippen LogP contribution in [0.25, 0.3) is 11.1 Å². The third kappa shape index (κ3) is 5.48. The fourth-order valence-corrected chi connectivity index (χ4v) is 5.23. The summed E-state index contributed by atoms with van der Waals surface area (Å²) in [5, 5.41) is 24.3. The van der Waals surface area contributed by atoms with Crippen molar-refractivity contribution in [3.8, 4) is 11.1 Å². The van der Waals surface area contributed by atoms with Crippen molar-refractivity contribution in [2.75, 3.05) is 6.61 Å². The van der Waals surface area contributed by atoms with Crippen LogP contribution in [0.3, 0.4) is 0 Å². The maximum atomic E-state index is 12.9. The first kappa shape index (κ1) is 24.7. The predicted molar refractivity (Wildman–Crippen MR) is 130 cm³/mol. The Morgan fingerprint density at radius 2 is 1.57 bits per heavy atom. The SMILES string of the molecule is CC(O)C(NC(=O)[C@@H]1CCCCC[C@@H]1NC(=O)OCC1c2ccccc2-c2ccccc21)C(=O)O. The molecule has 4 rings (SSSR count). The summed E-state index contributed by atoms with van der Waals surface area (Å²) < 4.78 is 5.65. The van der Waals surface area contributed by atoms with Crippen LogP contribution in [0.2, 0.25) is 0 Å². The molecule has 0 aliphatic heterocycles. The van der Waals surface area contributed by atoms with Crippen molar-refractivity contribution in [2.45, 2.75) is 63.1 Å². The molecule has 0 spiro atoms. The van der Waals surface area contributed by atoms with Gasteiger partial charge >= 0.3 is 12.1 Å². The van der Waals surface area contributed by atoms with E-state index in [1.165, 1.54) is 6.92 Å². The highest BCUT2D eigenvalue weighted by Gasteiger charge is 2.35. The highest BCUT2D eigenvalue weighted by atomic mass is 16.5. The van der Waals surface area contributed by atoms with Gasteiger partial charge in [0.25, 0.3) is 0 Å². The first-order chi connectivity index (χ1) is 16.9. The van der Waals surface area contributed by atoms with Crippen molar-refractivity contribution in [2.24, 2.45) is 5.92 Å². The lowest BCUT2D eigenvalue weighted by atomic mass is 9.93. The van der Waals surface area contributed by atoms with Gasteiger partial charge in [0.1, 0.15) is 6.61 Å². The standard InChI is InChI=1S/C27H32N2O6/c1-16(30)24(26(32)33)29-25(31)21-13-3-2-4-14-23(21)28-27(34)35-15-22-19-11-7-5-9-17(19)18-10-6-8-12-20(18)22/h5-12,16,21-24,30H,2-4,13-15H2,1H3,(H,28,34)(H,29,31)(H,32,33)/t16?,21-,23+,24?/m1/s1. The summed E-state index contributed by atoms with van der Waals surface area (Å²) in [5.41, 5.74) is 4.52. The molecule has 35 heavy (non-hydrogen) atoms. The van der Waals surface area contributed by atoms with E-state index in [9.17, 15) is 24.6 Å². The number of aliphatic hydroxyl groups is 1. The molecule has 2 aromatic carbocycles. The van der Waals surface area contributed by atoms with Gasteiger partial charge in [-0.15, -0.1) is 0 Å². The number of aliphatic hydroxyl groups excluding tert-OH is 1. The van der Waals surface area contributed by atoms with Crippen molar-refractivity contribution in [1.29, 1.82) is 0 Å². The minimum atomic E-state index is -1.40. The lowest BCUT2D eigenvalue weighted by Gasteiger charge is -2.27. The Hall–Kier alpha value is -3.39. The molecule has 4 atom stereocenters. The molecule has 2 aromatic rings. The highest BCUT2D eigenvalue weighted by Crippen LogP contribution is 2.44. The monoisotopic (exact) mass is 480 g/mol. The summed E-state index contributed by atoms with van der Waals surface area (Å²) in [6.45, 7) is 1.49. The Morgan fingerprint density at radius 3 is 2.17 bits per heavy atom. The van der Waals surface area contributed by atoms with Gasteiger partial charge < -0.3 is 25.6 Å². The Balaban J connectivity index is 1.42. The molecule has 4 N–H and O–H groups in total. The zero-order valence-corrected chi connectivity index (χ0v) is 19.8. The van der Waals surface area contributed by atoms with E-state index in [1.54, 1.807) is 0 Å². The fraction of sp³-hybridized carbons (Fsp3) is 0.444. The lowest BCUT2D eigenvalue weighted by molar-refractivity contribution is -0.145. The number of aliphatic carboxylic acids is 1. The maximum absolute atomic E-state index is 12.9. The van der Waals surface area contributed by atoms with Crippen molar-refractivity contribution in [3.05, 3.63) is 59.7 Å². The van der Waals surface area contributed by atoms with E-state index in [0.29, 0.717) is 12.8 Å². The van der Waals surface area contributed by atoms with E-state index in [2.05, 4.69) is 22.8 Å². The molecular formula is C27H32N2O6. The highest BCUT2D eigenvalue weighted by molar-refractivity contribution is 5.86. The largest absolute Gasteiger partial charge is 0.480 e. The first-order valence-electron chi connectivity index (χ1n) is 12.2. The van der Waals surface area contributed by atoms with Crippen molar-refractivity contribution in [1.82, 2.24) is 10.6 Å². The lowest BCUT2D eigenvalue weighted by Crippen LogP contribution is -2.53. The van der Waals surface area contributed by atoms with Gasteiger partial charge in [0.15, 0.2) is 6.04 Å². The second-order valence-electron chi connectivity index (χ2n) is 9.39. The minimum Gasteiger partial charge on any atom is -0.480 e. The number of benzene rings is 2. The average molecular weight is 481 g/mol. The summed E-state index contributed by atoms with van der Waals surface area (Å²) in [7, 11) is 0. The Bertz CT molecular complexity index is 1040. The van der Waals surface area contributed by atoms with Gasteiger partial charge in [0.05, 0.1) is 12.0 Å². The van der Waals surface area contributed by atoms with Gasteiger partial charge in [-0.05, 0) is 42.0 Å². The number of carboxylic acids is 1. The molecule has 0 aromatic heterocycles. The molecule has 0 radical (unpaired) electrons.